The summed E-state index contributed by atoms with van der Waals surface area (Å²) in [4.78, 5) is 15.8. The summed E-state index contributed by atoms with van der Waals surface area (Å²) in [5, 5.41) is 2.73. The Kier molecular flexibility index (Phi) is 5.28. The van der Waals surface area contributed by atoms with Crippen LogP contribution in [0.1, 0.15) is 12.0 Å². The first-order chi connectivity index (χ1) is 7.65. The standard InChI is InChI=1S/C11H17N3OS/c1-8-4-3-6-13-10(8)14-11(15)9(12)5-7-16-2/h3-4,6,9H,5,7,12H2,1-2H3,(H,13,14,15)/t9-/m1/s1. The van der Waals surface area contributed by atoms with Gasteiger partial charge in [0.15, 0.2) is 0 Å². The number of hydrogen-bond acceptors (Lipinski definition) is 4. The van der Waals surface area contributed by atoms with Gasteiger partial charge in [-0.3, -0.25) is 4.79 Å². The van der Waals surface area contributed by atoms with Crippen molar-refractivity contribution in [1.29, 1.82) is 0 Å². The maximum atomic E-state index is 11.7. The molecule has 5 heteroatoms. The number of nitrogens with two attached hydrogens (primary N) is 1. The van der Waals surface area contributed by atoms with Crippen LogP contribution in [0.15, 0.2) is 18.3 Å². The summed E-state index contributed by atoms with van der Waals surface area (Å²) in [5.74, 6) is 1.30. The highest BCUT2D eigenvalue weighted by Crippen LogP contribution is 2.10. The number of pyridine rings is 1. The molecule has 0 saturated carbocycles. The van der Waals surface area contributed by atoms with Gasteiger partial charge in [0.1, 0.15) is 5.82 Å². The predicted octanol–water partition coefficient (Wildman–Crippen LogP) is 1.41. The topological polar surface area (TPSA) is 68.0 Å². The molecule has 1 heterocycles. The largest absolute Gasteiger partial charge is 0.320 e. The van der Waals surface area contributed by atoms with Crippen molar-refractivity contribution in [2.24, 2.45) is 5.73 Å². The van der Waals surface area contributed by atoms with Gasteiger partial charge in [-0.15, -0.1) is 0 Å². The summed E-state index contributed by atoms with van der Waals surface area (Å²) < 4.78 is 0. The van der Waals surface area contributed by atoms with Gasteiger partial charge >= 0.3 is 0 Å². The quantitative estimate of drug-likeness (QED) is 0.815. The van der Waals surface area contributed by atoms with Gasteiger partial charge in [-0.25, -0.2) is 4.98 Å². The van der Waals surface area contributed by atoms with Gasteiger partial charge in [0, 0.05) is 6.20 Å². The zero-order chi connectivity index (χ0) is 12.0. The number of anilines is 1. The summed E-state index contributed by atoms with van der Waals surface area (Å²) >= 11 is 1.68. The van der Waals surface area contributed by atoms with Crippen LogP contribution in [0.4, 0.5) is 5.82 Å². The molecular formula is C11H17N3OS. The number of thioether (sulfide) groups is 1. The molecule has 4 nitrogen and oxygen atoms in total. The fraction of sp³-hybridized carbons (Fsp3) is 0.455. The molecule has 0 bridgehead atoms. The van der Waals surface area contributed by atoms with Crippen molar-refractivity contribution in [3.8, 4) is 0 Å². The SMILES string of the molecule is CSCC[C@@H](N)C(=O)Nc1ncccc1C. The first-order valence-corrected chi connectivity index (χ1v) is 6.51. The van der Waals surface area contributed by atoms with Crippen molar-refractivity contribution >= 4 is 23.5 Å². The van der Waals surface area contributed by atoms with Crippen LogP contribution in [-0.2, 0) is 4.79 Å². The molecule has 0 aromatic carbocycles. The van der Waals surface area contributed by atoms with Crippen LogP contribution in [0.25, 0.3) is 0 Å². The molecule has 1 aromatic heterocycles. The van der Waals surface area contributed by atoms with E-state index >= 15 is 0 Å². The molecule has 0 aliphatic rings. The fourth-order valence-corrected chi connectivity index (χ4v) is 1.69. The predicted molar refractivity (Wildman–Crippen MR) is 68.6 cm³/mol. The van der Waals surface area contributed by atoms with E-state index in [1.54, 1.807) is 18.0 Å². The van der Waals surface area contributed by atoms with Crippen LogP contribution in [0, 0.1) is 6.92 Å². The lowest BCUT2D eigenvalue weighted by Gasteiger charge is -2.12. The Morgan fingerprint density at radius 1 is 1.69 bits per heavy atom. The Morgan fingerprint density at radius 2 is 2.44 bits per heavy atom. The van der Waals surface area contributed by atoms with Crippen molar-refractivity contribution in [1.82, 2.24) is 4.98 Å². The number of rotatable bonds is 5. The third-order valence-corrected chi connectivity index (χ3v) is 2.86. The first-order valence-electron chi connectivity index (χ1n) is 5.12. The fourth-order valence-electron chi connectivity index (χ4n) is 1.20. The lowest BCUT2D eigenvalue weighted by molar-refractivity contribution is -0.117. The Hall–Kier alpha value is -1.07. The number of aromatic nitrogens is 1. The molecular weight excluding hydrogens is 222 g/mol. The zero-order valence-electron chi connectivity index (χ0n) is 9.56. The van der Waals surface area contributed by atoms with Crippen LogP contribution < -0.4 is 11.1 Å². The van der Waals surface area contributed by atoms with Gasteiger partial charge in [0.2, 0.25) is 5.91 Å². The third kappa shape index (κ3) is 3.83. The Labute approximate surface area is 100 Å². The van der Waals surface area contributed by atoms with E-state index in [1.165, 1.54) is 0 Å². The molecule has 0 aliphatic heterocycles. The third-order valence-electron chi connectivity index (χ3n) is 2.22. The Balaban J connectivity index is 2.54. The highest BCUT2D eigenvalue weighted by atomic mass is 32.2. The normalized spacial score (nSPS) is 12.2. The number of carbonyl (C=O) groups is 1. The Bertz CT molecular complexity index is 357. The van der Waals surface area contributed by atoms with Crippen LogP contribution in [0.5, 0.6) is 0 Å². The molecule has 3 N–H and O–H groups in total. The second-order valence-corrected chi connectivity index (χ2v) is 4.53. The minimum absolute atomic E-state index is 0.171. The van der Waals surface area contributed by atoms with Crippen molar-refractivity contribution in [2.45, 2.75) is 19.4 Å². The number of amides is 1. The minimum Gasteiger partial charge on any atom is -0.320 e. The van der Waals surface area contributed by atoms with Crippen LogP contribution in [0.3, 0.4) is 0 Å². The Morgan fingerprint density at radius 3 is 3.06 bits per heavy atom. The van der Waals surface area contributed by atoms with Gasteiger partial charge in [-0.1, -0.05) is 6.07 Å². The molecule has 1 amide bonds. The molecule has 1 aromatic rings. The van der Waals surface area contributed by atoms with E-state index in [1.807, 2.05) is 25.3 Å². The summed E-state index contributed by atoms with van der Waals surface area (Å²) in [6, 6.07) is 3.27. The lowest BCUT2D eigenvalue weighted by Crippen LogP contribution is -2.36. The van der Waals surface area contributed by atoms with Crippen molar-refractivity contribution < 1.29 is 4.79 Å². The lowest BCUT2D eigenvalue weighted by atomic mass is 10.2. The van der Waals surface area contributed by atoms with Gasteiger partial charge in [-0.2, -0.15) is 11.8 Å². The summed E-state index contributed by atoms with van der Waals surface area (Å²) in [6.07, 6.45) is 4.32. The maximum Gasteiger partial charge on any atom is 0.242 e. The van der Waals surface area contributed by atoms with E-state index in [9.17, 15) is 4.79 Å². The number of nitrogens with zero attached hydrogens (tertiary/aromatic N) is 1. The smallest absolute Gasteiger partial charge is 0.242 e. The molecule has 0 unspecified atom stereocenters. The molecule has 0 fully saturated rings. The van der Waals surface area contributed by atoms with E-state index < -0.39 is 6.04 Å². The van der Waals surface area contributed by atoms with Crippen molar-refractivity contribution in [3.63, 3.8) is 0 Å². The molecule has 0 radical (unpaired) electrons. The van der Waals surface area contributed by atoms with Crippen LogP contribution >= 0.6 is 11.8 Å². The summed E-state index contributed by atoms with van der Waals surface area (Å²) in [6.45, 7) is 1.90. The van der Waals surface area contributed by atoms with Gasteiger partial charge < -0.3 is 11.1 Å². The minimum atomic E-state index is -0.464. The van der Waals surface area contributed by atoms with Gasteiger partial charge in [0.25, 0.3) is 0 Å². The van der Waals surface area contributed by atoms with Gasteiger partial charge in [-0.05, 0) is 37.0 Å². The molecule has 1 atom stereocenters. The second kappa shape index (κ2) is 6.50. The van der Waals surface area contributed by atoms with Crippen LogP contribution in [0.2, 0.25) is 0 Å². The average molecular weight is 239 g/mol. The molecule has 88 valence electrons. The first kappa shape index (κ1) is 13.0. The van der Waals surface area contributed by atoms with E-state index in [0.717, 1.165) is 11.3 Å². The number of nitrogens with one attached hydrogen (secondary N) is 1. The molecule has 16 heavy (non-hydrogen) atoms. The molecule has 1 rings (SSSR count). The van der Waals surface area contributed by atoms with E-state index in [2.05, 4.69) is 10.3 Å². The highest BCUT2D eigenvalue weighted by Gasteiger charge is 2.14. The number of aryl methyl sites for hydroxylation is 1. The second-order valence-electron chi connectivity index (χ2n) is 3.55. The van der Waals surface area contributed by atoms with Crippen molar-refractivity contribution in [2.75, 3.05) is 17.3 Å². The monoisotopic (exact) mass is 239 g/mol. The number of carbonyl (C=O) groups excluding carboxylic acids is 1. The van der Waals surface area contributed by atoms with Crippen molar-refractivity contribution in [3.05, 3.63) is 23.9 Å². The summed E-state index contributed by atoms with van der Waals surface area (Å²) in [5.41, 5.74) is 6.69. The number of hydrogen-bond donors (Lipinski definition) is 2. The maximum absolute atomic E-state index is 11.7. The average Bonchev–Trinajstić information content (AvgIpc) is 2.28. The van der Waals surface area contributed by atoms with E-state index in [-0.39, 0.29) is 5.91 Å². The molecule has 0 aliphatic carbocycles. The molecule has 0 saturated heterocycles. The summed E-state index contributed by atoms with van der Waals surface area (Å²) in [7, 11) is 0. The van der Waals surface area contributed by atoms with Crippen LogP contribution in [-0.4, -0.2) is 28.9 Å². The van der Waals surface area contributed by atoms with E-state index in [4.69, 9.17) is 5.73 Å². The molecule has 0 spiro atoms. The van der Waals surface area contributed by atoms with Gasteiger partial charge in [0.05, 0.1) is 6.04 Å². The zero-order valence-corrected chi connectivity index (χ0v) is 10.4. The van der Waals surface area contributed by atoms with E-state index in [0.29, 0.717) is 12.2 Å². The highest BCUT2D eigenvalue weighted by molar-refractivity contribution is 7.98.